The van der Waals surface area contributed by atoms with Crippen LogP contribution in [0.1, 0.15) is 66.8 Å². The second kappa shape index (κ2) is 10.3. The van der Waals surface area contributed by atoms with E-state index in [1.807, 2.05) is 29.6 Å². The minimum Gasteiger partial charge on any atom is -0.496 e. The van der Waals surface area contributed by atoms with E-state index in [9.17, 15) is 4.79 Å². The second-order valence-electron chi connectivity index (χ2n) is 10.8. The van der Waals surface area contributed by atoms with Crippen LogP contribution in [0.3, 0.4) is 0 Å². The van der Waals surface area contributed by atoms with Gasteiger partial charge < -0.3 is 9.64 Å². The van der Waals surface area contributed by atoms with Crippen LogP contribution in [0.15, 0.2) is 54.0 Å². The molecule has 2 aromatic carbocycles. The molecule has 6 rings (SSSR count). The van der Waals surface area contributed by atoms with Crippen LogP contribution in [0.4, 0.5) is 5.13 Å². The fraction of sp³-hybridized carbons (Fsp3) is 0.467. The zero-order valence-electron chi connectivity index (χ0n) is 21.0. The van der Waals surface area contributed by atoms with Crippen molar-refractivity contribution in [2.75, 3.05) is 25.5 Å². The summed E-state index contributed by atoms with van der Waals surface area (Å²) < 4.78 is 5.80. The van der Waals surface area contributed by atoms with E-state index in [1.54, 1.807) is 13.3 Å². The number of amides is 1. The van der Waals surface area contributed by atoms with Crippen LogP contribution in [0, 0.1) is 11.8 Å². The summed E-state index contributed by atoms with van der Waals surface area (Å²) in [5, 5.41) is 5.31. The van der Waals surface area contributed by atoms with Crippen LogP contribution in [0.25, 0.3) is 11.1 Å². The molecule has 2 heterocycles. The minimum atomic E-state index is -0.135. The Morgan fingerprint density at radius 1 is 0.972 bits per heavy atom. The predicted octanol–water partition coefficient (Wildman–Crippen LogP) is 6.83. The van der Waals surface area contributed by atoms with Gasteiger partial charge in [-0.1, -0.05) is 31.0 Å². The van der Waals surface area contributed by atoms with Gasteiger partial charge in [0.2, 0.25) is 0 Å². The highest BCUT2D eigenvalue weighted by molar-refractivity contribution is 7.13. The van der Waals surface area contributed by atoms with Gasteiger partial charge in [-0.3, -0.25) is 10.1 Å². The summed E-state index contributed by atoms with van der Waals surface area (Å²) in [6, 6.07) is 15.2. The molecule has 1 N–H and O–H groups in total. The van der Waals surface area contributed by atoms with Gasteiger partial charge in [-0.25, -0.2) is 4.98 Å². The molecule has 2 atom stereocenters. The predicted molar refractivity (Wildman–Crippen MR) is 146 cm³/mol. The Morgan fingerprint density at radius 2 is 1.69 bits per heavy atom. The van der Waals surface area contributed by atoms with Crippen LogP contribution in [-0.2, 0) is 0 Å². The lowest BCUT2D eigenvalue weighted by Gasteiger charge is -2.41. The largest absolute Gasteiger partial charge is 0.496 e. The third-order valence-corrected chi connectivity index (χ3v) is 9.40. The van der Waals surface area contributed by atoms with E-state index >= 15 is 0 Å². The maximum atomic E-state index is 12.5. The lowest BCUT2D eigenvalue weighted by Crippen LogP contribution is -2.43. The molecule has 1 aliphatic heterocycles. The fourth-order valence-corrected chi connectivity index (χ4v) is 7.37. The second-order valence-corrected chi connectivity index (χ2v) is 11.7. The zero-order chi connectivity index (χ0) is 24.5. The summed E-state index contributed by atoms with van der Waals surface area (Å²) >= 11 is 1.42. The molecule has 1 amide bonds. The van der Waals surface area contributed by atoms with Crippen molar-refractivity contribution in [2.24, 2.45) is 11.8 Å². The highest BCUT2D eigenvalue weighted by Crippen LogP contribution is 2.45. The fourth-order valence-electron chi connectivity index (χ4n) is 6.85. The number of rotatable bonds is 6. The van der Waals surface area contributed by atoms with E-state index in [-0.39, 0.29) is 5.91 Å². The first-order valence-corrected chi connectivity index (χ1v) is 14.3. The Balaban J connectivity index is 1.14. The maximum Gasteiger partial charge on any atom is 0.257 e. The SMILES string of the molecule is COc1ccc(-c2ccc(C(=O)Nc3nccs3)cc2)cc1C1CCN(C2CC3CCC(C3)C2)CC1. The number of aromatic nitrogens is 1. The number of carbonyl (C=O) groups excluding carboxylic acids is 1. The smallest absolute Gasteiger partial charge is 0.257 e. The molecule has 6 heteroatoms. The molecule has 2 saturated carbocycles. The molecular weight excluding hydrogens is 466 g/mol. The number of likely N-dealkylation sites (tertiary alicyclic amines) is 1. The van der Waals surface area contributed by atoms with Crippen LogP contribution in [0.2, 0.25) is 0 Å². The number of nitrogens with zero attached hydrogens (tertiary/aromatic N) is 2. The van der Waals surface area contributed by atoms with Crippen LogP contribution < -0.4 is 10.1 Å². The average molecular weight is 502 g/mol. The Hall–Kier alpha value is -2.70. The number of ether oxygens (including phenoxy) is 1. The third kappa shape index (κ3) is 4.94. The van der Waals surface area contributed by atoms with Crippen molar-refractivity contribution >= 4 is 22.4 Å². The molecule has 2 bridgehead atoms. The van der Waals surface area contributed by atoms with E-state index in [1.165, 1.54) is 80.5 Å². The van der Waals surface area contributed by atoms with Gasteiger partial charge in [0, 0.05) is 23.2 Å². The Labute approximate surface area is 217 Å². The van der Waals surface area contributed by atoms with E-state index in [4.69, 9.17) is 4.74 Å². The van der Waals surface area contributed by atoms with E-state index in [2.05, 4.69) is 33.4 Å². The first-order valence-electron chi connectivity index (χ1n) is 13.4. The monoisotopic (exact) mass is 501 g/mol. The number of carbonyl (C=O) groups is 1. The molecule has 36 heavy (non-hydrogen) atoms. The molecule has 188 valence electrons. The summed E-state index contributed by atoms with van der Waals surface area (Å²) in [7, 11) is 1.78. The molecule has 1 aromatic heterocycles. The van der Waals surface area contributed by atoms with Crippen LogP contribution in [0.5, 0.6) is 5.75 Å². The zero-order valence-corrected chi connectivity index (χ0v) is 21.8. The number of benzene rings is 2. The van der Waals surface area contributed by atoms with Gasteiger partial charge in [-0.15, -0.1) is 11.3 Å². The highest BCUT2D eigenvalue weighted by atomic mass is 32.1. The van der Waals surface area contributed by atoms with E-state index in [0.717, 1.165) is 29.2 Å². The minimum absolute atomic E-state index is 0.135. The van der Waals surface area contributed by atoms with Crippen molar-refractivity contribution in [3.63, 3.8) is 0 Å². The normalized spacial score (nSPS) is 24.5. The number of piperidine rings is 1. The molecule has 0 spiro atoms. The number of anilines is 1. The van der Waals surface area contributed by atoms with Crippen molar-refractivity contribution in [1.82, 2.24) is 9.88 Å². The Kier molecular flexibility index (Phi) is 6.81. The van der Waals surface area contributed by atoms with Gasteiger partial charge in [-0.2, -0.15) is 0 Å². The summed E-state index contributed by atoms with van der Waals surface area (Å²) in [4.78, 5) is 19.4. The molecule has 0 radical (unpaired) electrons. The number of methoxy groups -OCH3 is 1. The average Bonchev–Trinajstić information content (AvgIpc) is 3.57. The number of thiazole rings is 1. The van der Waals surface area contributed by atoms with Crippen molar-refractivity contribution in [2.45, 2.75) is 56.9 Å². The van der Waals surface area contributed by atoms with E-state index < -0.39 is 0 Å². The maximum absolute atomic E-state index is 12.5. The molecule has 3 fully saturated rings. The first kappa shape index (κ1) is 23.7. The van der Waals surface area contributed by atoms with Crippen molar-refractivity contribution in [3.05, 3.63) is 65.2 Å². The third-order valence-electron chi connectivity index (χ3n) is 8.71. The highest BCUT2D eigenvalue weighted by Gasteiger charge is 2.37. The molecular formula is C30H35N3O2S. The van der Waals surface area contributed by atoms with E-state index in [0.29, 0.717) is 16.6 Å². The number of nitrogens with one attached hydrogen (secondary N) is 1. The van der Waals surface area contributed by atoms with Crippen molar-refractivity contribution in [1.29, 1.82) is 0 Å². The Bertz CT molecular complexity index is 1170. The van der Waals surface area contributed by atoms with Gasteiger partial charge in [0.1, 0.15) is 5.75 Å². The summed E-state index contributed by atoms with van der Waals surface area (Å²) in [6.45, 7) is 2.40. The van der Waals surface area contributed by atoms with Crippen LogP contribution in [-0.4, -0.2) is 42.0 Å². The topological polar surface area (TPSA) is 54.5 Å². The van der Waals surface area contributed by atoms with Gasteiger partial charge >= 0.3 is 0 Å². The number of hydrogen-bond acceptors (Lipinski definition) is 5. The van der Waals surface area contributed by atoms with Crippen LogP contribution >= 0.6 is 11.3 Å². The molecule has 2 aliphatic carbocycles. The lowest BCUT2D eigenvalue weighted by molar-refractivity contribution is 0.0980. The van der Waals surface area contributed by atoms with Crippen molar-refractivity contribution < 1.29 is 9.53 Å². The van der Waals surface area contributed by atoms with Crippen molar-refractivity contribution in [3.8, 4) is 16.9 Å². The molecule has 5 nitrogen and oxygen atoms in total. The van der Waals surface area contributed by atoms with Gasteiger partial charge in [0.25, 0.3) is 5.91 Å². The summed E-state index contributed by atoms with van der Waals surface area (Å²) in [5.74, 6) is 3.37. The van der Waals surface area contributed by atoms with Gasteiger partial charge in [-0.05, 0) is 104 Å². The first-order chi connectivity index (χ1) is 17.7. The number of hydrogen-bond donors (Lipinski definition) is 1. The lowest BCUT2D eigenvalue weighted by atomic mass is 9.82. The van der Waals surface area contributed by atoms with Gasteiger partial charge in [0.15, 0.2) is 5.13 Å². The summed E-state index contributed by atoms with van der Waals surface area (Å²) in [5.41, 5.74) is 4.24. The molecule has 2 unspecified atom stereocenters. The molecule has 3 aliphatic rings. The quantitative estimate of drug-likeness (QED) is 0.402. The molecule has 3 aromatic rings. The Morgan fingerprint density at radius 3 is 2.36 bits per heavy atom. The van der Waals surface area contributed by atoms with Gasteiger partial charge in [0.05, 0.1) is 7.11 Å². The number of fused-ring (bicyclic) bond motifs is 2. The standard InChI is InChI=1S/C30H35N3O2S/c1-35-28-9-8-25(22-4-6-24(7-5-22)29(34)32-30-31-12-15-36-30)19-27(28)23-10-13-33(14-11-23)26-17-20-2-3-21(16-20)18-26/h4-9,12,15,19-21,23,26H,2-3,10-11,13-14,16-18H2,1H3,(H,31,32,34). The molecule has 1 saturated heterocycles. The summed E-state index contributed by atoms with van der Waals surface area (Å²) in [6.07, 6.45) is 11.4.